The maximum absolute atomic E-state index is 5.91. The van der Waals surface area contributed by atoms with Crippen molar-refractivity contribution in [2.45, 2.75) is 45.8 Å². The molecule has 3 rings (SSSR count). The van der Waals surface area contributed by atoms with Crippen LogP contribution < -0.4 is 10.1 Å². The summed E-state index contributed by atoms with van der Waals surface area (Å²) in [6.45, 7) is 7.63. The summed E-state index contributed by atoms with van der Waals surface area (Å²) in [7, 11) is 0. The Balaban J connectivity index is 1.73. The molecule has 1 N–H and O–H groups in total. The van der Waals surface area contributed by atoms with Crippen LogP contribution in [0.4, 0.5) is 0 Å². The van der Waals surface area contributed by atoms with Gasteiger partial charge in [0, 0.05) is 18.1 Å². The smallest absolute Gasteiger partial charge is 0.129 e. The van der Waals surface area contributed by atoms with Crippen molar-refractivity contribution in [3.05, 3.63) is 30.5 Å². The van der Waals surface area contributed by atoms with E-state index in [1.807, 2.05) is 0 Å². The van der Waals surface area contributed by atoms with Gasteiger partial charge in [0.15, 0.2) is 0 Å². The summed E-state index contributed by atoms with van der Waals surface area (Å²) in [6, 6.07) is 8.56. The zero-order chi connectivity index (χ0) is 14.7. The van der Waals surface area contributed by atoms with Crippen molar-refractivity contribution in [2.75, 3.05) is 13.1 Å². The molecule has 0 saturated carbocycles. The fraction of sp³-hybridized carbons (Fsp3) is 0.556. The first-order valence-electron chi connectivity index (χ1n) is 8.19. The van der Waals surface area contributed by atoms with Gasteiger partial charge >= 0.3 is 0 Å². The second-order valence-corrected chi connectivity index (χ2v) is 6.35. The Hall–Kier alpha value is -1.48. The number of hydrogen-bond donors (Lipinski definition) is 1. The van der Waals surface area contributed by atoms with Crippen LogP contribution in [-0.4, -0.2) is 23.8 Å². The highest BCUT2D eigenvalue weighted by atomic mass is 16.5. The molecule has 0 atom stereocenters. The van der Waals surface area contributed by atoms with Gasteiger partial charge in [-0.15, -0.1) is 0 Å². The number of aryl methyl sites for hydroxylation is 1. The van der Waals surface area contributed by atoms with E-state index in [1.54, 1.807) is 0 Å². The van der Waals surface area contributed by atoms with Crippen LogP contribution in [0.2, 0.25) is 0 Å². The minimum absolute atomic E-state index is 0.216. The maximum atomic E-state index is 5.91. The summed E-state index contributed by atoms with van der Waals surface area (Å²) in [6.07, 6.45) is 6.34. The molecule has 0 radical (unpaired) electrons. The van der Waals surface area contributed by atoms with E-state index >= 15 is 0 Å². The minimum atomic E-state index is 0.216. The molecule has 114 valence electrons. The number of nitrogens with one attached hydrogen (secondary N) is 1. The van der Waals surface area contributed by atoms with Gasteiger partial charge in [0.2, 0.25) is 0 Å². The molecule has 0 aliphatic carbocycles. The van der Waals surface area contributed by atoms with E-state index in [2.05, 4.69) is 54.2 Å². The molecule has 21 heavy (non-hydrogen) atoms. The first kappa shape index (κ1) is 14.5. The topological polar surface area (TPSA) is 26.2 Å². The van der Waals surface area contributed by atoms with Gasteiger partial charge in [-0.3, -0.25) is 0 Å². The van der Waals surface area contributed by atoms with E-state index < -0.39 is 0 Å². The number of fused-ring (bicyclic) bond motifs is 1. The number of benzene rings is 1. The van der Waals surface area contributed by atoms with E-state index in [-0.39, 0.29) is 6.10 Å². The summed E-state index contributed by atoms with van der Waals surface area (Å²) in [5.41, 5.74) is 1.29. The SMILES string of the molecule is CC(C)Oc1cccc2c1ccn2CCC1CCNCC1. The molecule has 0 amide bonds. The van der Waals surface area contributed by atoms with Gasteiger partial charge < -0.3 is 14.6 Å². The maximum Gasteiger partial charge on any atom is 0.129 e. The zero-order valence-corrected chi connectivity index (χ0v) is 13.1. The predicted molar refractivity (Wildman–Crippen MR) is 87.9 cm³/mol. The van der Waals surface area contributed by atoms with Crippen LogP contribution in [0.25, 0.3) is 10.9 Å². The third-order valence-corrected chi connectivity index (χ3v) is 4.37. The lowest BCUT2D eigenvalue weighted by atomic mass is 9.95. The molecule has 2 heterocycles. The van der Waals surface area contributed by atoms with E-state index in [9.17, 15) is 0 Å². The Bertz CT molecular complexity index is 582. The highest BCUT2D eigenvalue weighted by Gasteiger charge is 2.14. The van der Waals surface area contributed by atoms with Crippen LogP contribution in [0.5, 0.6) is 5.75 Å². The van der Waals surface area contributed by atoms with Gasteiger partial charge in [0.1, 0.15) is 5.75 Å². The summed E-state index contributed by atoms with van der Waals surface area (Å²) >= 11 is 0. The van der Waals surface area contributed by atoms with Crippen molar-refractivity contribution >= 4 is 10.9 Å². The fourth-order valence-electron chi connectivity index (χ4n) is 3.24. The lowest BCUT2D eigenvalue weighted by Crippen LogP contribution is -2.28. The molecule has 0 unspecified atom stereocenters. The molecule has 1 aliphatic rings. The Morgan fingerprint density at radius 3 is 2.81 bits per heavy atom. The van der Waals surface area contributed by atoms with Crippen molar-refractivity contribution in [3.63, 3.8) is 0 Å². The fourth-order valence-corrected chi connectivity index (χ4v) is 3.24. The first-order valence-corrected chi connectivity index (χ1v) is 8.19. The van der Waals surface area contributed by atoms with Gasteiger partial charge in [-0.2, -0.15) is 0 Å². The molecule has 1 fully saturated rings. The van der Waals surface area contributed by atoms with E-state index in [1.165, 1.54) is 43.3 Å². The molecule has 1 aliphatic heterocycles. The van der Waals surface area contributed by atoms with Crippen molar-refractivity contribution in [2.24, 2.45) is 5.92 Å². The number of ether oxygens (including phenoxy) is 1. The zero-order valence-electron chi connectivity index (χ0n) is 13.1. The van der Waals surface area contributed by atoms with Crippen LogP contribution in [0.15, 0.2) is 30.5 Å². The number of piperidine rings is 1. The van der Waals surface area contributed by atoms with Gasteiger partial charge in [0.25, 0.3) is 0 Å². The first-order chi connectivity index (χ1) is 10.2. The lowest BCUT2D eigenvalue weighted by molar-refractivity contribution is 0.245. The summed E-state index contributed by atoms with van der Waals surface area (Å²) in [4.78, 5) is 0. The van der Waals surface area contributed by atoms with Gasteiger partial charge in [0.05, 0.1) is 11.6 Å². The Kier molecular flexibility index (Phi) is 4.49. The standard InChI is InChI=1S/C18H26N2O/c1-14(2)21-18-5-3-4-17-16(18)9-13-20(17)12-8-15-6-10-19-11-7-15/h3-5,9,13-15,19H,6-8,10-12H2,1-2H3. The van der Waals surface area contributed by atoms with E-state index in [0.717, 1.165) is 18.2 Å². The minimum Gasteiger partial charge on any atom is -0.490 e. The summed E-state index contributed by atoms with van der Waals surface area (Å²) in [5.74, 6) is 1.88. The van der Waals surface area contributed by atoms with Crippen LogP contribution in [0.3, 0.4) is 0 Å². The normalized spacial score (nSPS) is 16.7. The monoisotopic (exact) mass is 286 g/mol. The Morgan fingerprint density at radius 1 is 1.24 bits per heavy atom. The quantitative estimate of drug-likeness (QED) is 0.904. The molecule has 3 nitrogen and oxygen atoms in total. The van der Waals surface area contributed by atoms with Crippen molar-refractivity contribution in [1.29, 1.82) is 0 Å². The predicted octanol–water partition coefficient (Wildman–Crippen LogP) is 3.82. The van der Waals surface area contributed by atoms with Crippen LogP contribution in [0, 0.1) is 5.92 Å². The number of nitrogens with zero attached hydrogens (tertiary/aromatic N) is 1. The van der Waals surface area contributed by atoms with Gasteiger partial charge in [-0.05, 0) is 70.3 Å². The summed E-state index contributed by atoms with van der Waals surface area (Å²) < 4.78 is 8.29. The Labute approximate surface area is 127 Å². The molecule has 1 saturated heterocycles. The van der Waals surface area contributed by atoms with Crippen LogP contribution >= 0.6 is 0 Å². The molecule has 1 aromatic heterocycles. The number of aromatic nitrogens is 1. The second kappa shape index (κ2) is 6.52. The molecular weight excluding hydrogens is 260 g/mol. The molecule has 0 bridgehead atoms. The Morgan fingerprint density at radius 2 is 2.05 bits per heavy atom. The van der Waals surface area contributed by atoms with Crippen molar-refractivity contribution < 1.29 is 4.74 Å². The molecule has 0 spiro atoms. The largest absolute Gasteiger partial charge is 0.490 e. The molecule has 3 heteroatoms. The van der Waals surface area contributed by atoms with Gasteiger partial charge in [-0.25, -0.2) is 0 Å². The van der Waals surface area contributed by atoms with Gasteiger partial charge in [-0.1, -0.05) is 6.07 Å². The molecular formula is C18H26N2O. The van der Waals surface area contributed by atoms with Crippen molar-refractivity contribution in [1.82, 2.24) is 9.88 Å². The lowest BCUT2D eigenvalue weighted by Gasteiger charge is -2.22. The van der Waals surface area contributed by atoms with Crippen molar-refractivity contribution in [3.8, 4) is 5.75 Å². The highest BCUT2D eigenvalue weighted by Crippen LogP contribution is 2.28. The second-order valence-electron chi connectivity index (χ2n) is 6.35. The third kappa shape index (κ3) is 3.41. The van der Waals surface area contributed by atoms with E-state index in [4.69, 9.17) is 4.74 Å². The average Bonchev–Trinajstić information content (AvgIpc) is 2.90. The average molecular weight is 286 g/mol. The number of rotatable bonds is 5. The van der Waals surface area contributed by atoms with E-state index in [0.29, 0.717) is 0 Å². The molecule has 1 aromatic carbocycles. The summed E-state index contributed by atoms with van der Waals surface area (Å²) in [5, 5.41) is 4.67. The highest BCUT2D eigenvalue weighted by molar-refractivity contribution is 5.86. The van der Waals surface area contributed by atoms with Crippen LogP contribution in [0.1, 0.15) is 33.1 Å². The molecule has 2 aromatic rings. The van der Waals surface area contributed by atoms with Crippen LogP contribution in [-0.2, 0) is 6.54 Å². The number of hydrogen-bond acceptors (Lipinski definition) is 2. The third-order valence-electron chi connectivity index (χ3n) is 4.37.